The summed E-state index contributed by atoms with van der Waals surface area (Å²) in [6.45, 7) is 4.62. The van der Waals surface area contributed by atoms with Gasteiger partial charge in [-0.05, 0) is 38.8 Å². The largest absolute Gasteiger partial charge is 0.352 e. The SMILES string of the molecule is Cc1nn(-c2ccccc2)c(C)c1CNC(=O)C1CCC1. The molecule has 4 heteroatoms. The molecule has 2 aromatic rings. The van der Waals surface area contributed by atoms with Crippen LogP contribution in [0, 0.1) is 19.8 Å². The predicted octanol–water partition coefficient (Wildman–Crippen LogP) is 2.91. The van der Waals surface area contributed by atoms with Gasteiger partial charge in [-0.3, -0.25) is 4.79 Å². The van der Waals surface area contributed by atoms with Crippen LogP contribution in [0.25, 0.3) is 5.69 Å². The van der Waals surface area contributed by atoms with Crippen molar-refractivity contribution in [1.82, 2.24) is 15.1 Å². The lowest BCUT2D eigenvalue weighted by Gasteiger charge is -2.24. The van der Waals surface area contributed by atoms with Crippen LogP contribution in [0.2, 0.25) is 0 Å². The smallest absolute Gasteiger partial charge is 0.223 e. The Kier molecular flexibility index (Phi) is 3.78. The van der Waals surface area contributed by atoms with E-state index in [0.717, 1.165) is 35.5 Å². The van der Waals surface area contributed by atoms with E-state index in [-0.39, 0.29) is 11.8 Å². The van der Waals surface area contributed by atoms with Gasteiger partial charge in [0.15, 0.2) is 0 Å². The third-order valence-corrected chi connectivity index (χ3v) is 4.36. The fraction of sp³-hybridized carbons (Fsp3) is 0.412. The number of amides is 1. The van der Waals surface area contributed by atoms with Crippen LogP contribution in [0.3, 0.4) is 0 Å². The summed E-state index contributed by atoms with van der Waals surface area (Å²) < 4.78 is 1.94. The molecule has 1 aromatic heterocycles. The van der Waals surface area contributed by atoms with E-state index in [2.05, 4.69) is 17.3 Å². The average Bonchev–Trinajstić information content (AvgIpc) is 2.71. The second-order valence-electron chi connectivity index (χ2n) is 5.74. The maximum absolute atomic E-state index is 12.0. The Hall–Kier alpha value is -2.10. The van der Waals surface area contributed by atoms with Crippen LogP contribution >= 0.6 is 0 Å². The summed E-state index contributed by atoms with van der Waals surface area (Å²) >= 11 is 0. The molecule has 3 rings (SSSR count). The molecule has 21 heavy (non-hydrogen) atoms. The number of carbonyl (C=O) groups excluding carboxylic acids is 1. The van der Waals surface area contributed by atoms with Gasteiger partial charge in [0, 0.05) is 23.7 Å². The maximum Gasteiger partial charge on any atom is 0.223 e. The standard InChI is InChI=1S/C17H21N3O/c1-12-16(11-18-17(21)14-7-6-8-14)13(2)20(19-12)15-9-4-3-5-10-15/h3-5,9-10,14H,6-8,11H2,1-2H3,(H,18,21). The maximum atomic E-state index is 12.0. The lowest BCUT2D eigenvalue weighted by molar-refractivity contribution is -0.127. The number of aromatic nitrogens is 2. The Morgan fingerprint density at radius 3 is 2.62 bits per heavy atom. The molecule has 1 aromatic carbocycles. The molecule has 0 bridgehead atoms. The fourth-order valence-electron chi connectivity index (χ4n) is 2.74. The van der Waals surface area contributed by atoms with Gasteiger partial charge in [-0.25, -0.2) is 4.68 Å². The Bertz CT molecular complexity index is 642. The highest BCUT2D eigenvalue weighted by Crippen LogP contribution is 2.26. The first-order valence-corrected chi connectivity index (χ1v) is 7.55. The second-order valence-corrected chi connectivity index (χ2v) is 5.74. The van der Waals surface area contributed by atoms with Gasteiger partial charge in [-0.15, -0.1) is 0 Å². The Morgan fingerprint density at radius 2 is 2.00 bits per heavy atom. The number of aryl methyl sites for hydroxylation is 1. The molecule has 0 radical (unpaired) electrons. The van der Waals surface area contributed by atoms with Crippen LogP contribution in [-0.2, 0) is 11.3 Å². The number of nitrogens with zero attached hydrogens (tertiary/aromatic N) is 2. The first-order valence-electron chi connectivity index (χ1n) is 7.55. The van der Waals surface area contributed by atoms with Crippen molar-refractivity contribution in [2.24, 2.45) is 5.92 Å². The molecule has 4 nitrogen and oxygen atoms in total. The molecule has 0 unspecified atom stereocenters. The van der Waals surface area contributed by atoms with Gasteiger partial charge >= 0.3 is 0 Å². The zero-order chi connectivity index (χ0) is 14.8. The van der Waals surface area contributed by atoms with Gasteiger partial charge in [0.1, 0.15) is 0 Å². The summed E-state index contributed by atoms with van der Waals surface area (Å²) in [5, 5.41) is 7.66. The molecule has 1 fully saturated rings. The lowest BCUT2D eigenvalue weighted by atomic mass is 9.85. The van der Waals surface area contributed by atoms with Crippen molar-refractivity contribution >= 4 is 5.91 Å². The van der Waals surface area contributed by atoms with Crippen molar-refractivity contribution in [2.45, 2.75) is 39.7 Å². The van der Waals surface area contributed by atoms with Crippen molar-refractivity contribution in [3.05, 3.63) is 47.3 Å². The van der Waals surface area contributed by atoms with E-state index in [1.807, 2.05) is 41.9 Å². The molecule has 0 spiro atoms. The highest BCUT2D eigenvalue weighted by Gasteiger charge is 2.25. The summed E-state index contributed by atoms with van der Waals surface area (Å²) in [5.41, 5.74) is 4.24. The number of rotatable bonds is 4. The van der Waals surface area contributed by atoms with E-state index in [4.69, 9.17) is 0 Å². The minimum Gasteiger partial charge on any atom is -0.352 e. The predicted molar refractivity (Wildman–Crippen MR) is 82.2 cm³/mol. The first kappa shape index (κ1) is 13.9. The van der Waals surface area contributed by atoms with E-state index >= 15 is 0 Å². The summed E-state index contributed by atoms with van der Waals surface area (Å²) in [7, 11) is 0. The minimum atomic E-state index is 0.188. The average molecular weight is 283 g/mol. The van der Waals surface area contributed by atoms with E-state index in [1.165, 1.54) is 6.42 Å². The van der Waals surface area contributed by atoms with Crippen LogP contribution < -0.4 is 5.32 Å². The van der Waals surface area contributed by atoms with Gasteiger partial charge in [0.2, 0.25) is 5.91 Å². The number of para-hydroxylation sites is 1. The molecule has 1 amide bonds. The van der Waals surface area contributed by atoms with E-state index < -0.39 is 0 Å². The van der Waals surface area contributed by atoms with Crippen LogP contribution in [0.15, 0.2) is 30.3 Å². The second kappa shape index (κ2) is 5.72. The highest BCUT2D eigenvalue weighted by atomic mass is 16.1. The molecule has 1 heterocycles. The Balaban J connectivity index is 1.77. The van der Waals surface area contributed by atoms with Crippen molar-refractivity contribution < 1.29 is 4.79 Å². The number of nitrogens with one attached hydrogen (secondary N) is 1. The van der Waals surface area contributed by atoms with Crippen molar-refractivity contribution in [3.63, 3.8) is 0 Å². The molecule has 1 saturated carbocycles. The summed E-state index contributed by atoms with van der Waals surface area (Å²) in [6, 6.07) is 10.1. The van der Waals surface area contributed by atoms with Gasteiger partial charge in [0.05, 0.1) is 11.4 Å². The van der Waals surface area contributed by atoms with Gasteiger partial charge in [-0.2, -0.15) is 5.10 Å². The van der Waals surface area contributed by atoms with E-state index in [0.29, 0.717) is 6.54 Å². The van der Waals surface area contributed by atoms with E-state index in [9.17, 15) is 4.79 Å². The molecule has 0 atom stereocenters. The number of carbonyl (C=O) groups is 1. The van der Waals surface area contributed by atoms with E-state index in [1.54, 1.807) is 0 Å². The molecule has 1 aliphatic carbocycles. The molecular formula is C17H21N3O. The number of hydrogen-bond acceptors (Lipinski definition) is 2. The summed E-state index contributed by atoms with van der Waals surface area (Å²) in [6.07, 6.45) is 3.25. The number of benzene rings is 1. The summed E-state index contributed by atoms with van der Waals surface area (Å²) in [4.78, 5) is 12.0. The van der Waals surface area contributed by atoms with Crippen molar-refractivity contribution in [1.29, 1.82) is 0 Å². The molecular weight excluding hydrogens is 262 g/mol. The van der Waals surface area contributed by atoms with Crippen molar-refractivity contribution in [2.75, 3.05) is 0 Å². The van der Waals surface area contributed by atoms with Gasteiger partial charge < -0.3 is 5.32 Å². The van der Waals surface area contributed by atoms with Crippen LogP contribution in [0.5, 0.6) is 0 Å². The zero-order valence-corrected chi connectivity index (χ0v) is 12.6. The first-order chi connectivity index (χ1) is 10.2. The molecule has 1 N–H and O–H groups in total. The van der Waals surface area contributed by atoms with Crippen LogP contribution in [-0.4, -0.2) is 15.7 Å². The highest BCUT2D eigenvalue weighted by molar-refractivity contribution is 5.79. The summed E-state index contributed by atoms with van der Waals surface area (Å²) in [5.74, 6) is 0.419. The molecule has 110 valence electrons. The van der Waals surface area contributed by atoms with Crippen LogP contribution in [0.1, 0.15) is 36.2 Å². The Labute approximate surface area is 125 Å². The number of hydrogen-bond donors (Lipinski definition) is 1. The minimum absolute atomic E-state index is 0.188. The topological polar surface area (TPSA) is 46.9 Å². The third-order valence-electron chi connectivity index (χ3n) is 4.36. The molecule has 0 saturated heterocycles. The van der Waals surface area contributed by atoms with Gasteiger partial charge in [-0.1, -0.05) is 24.6 Å². The third kappa shape index (κ3) is 2.71. The molecule has 1 aliphatic rings. The van der Waals surface area contributed by atoms with Gasteiger partial charge in [0.25, 0.3) is 0 Å². The lowest BCUT2D eigenvalue weighted by Crippen LogP contribution is -2.34. The van der Waals surface area contributed by atoms with Crippen LogP contribution in [0.4, 0.5) is 0 Å². The fourth-order valence-corrected chi connectivity index (χ4v) is 2.74. The van der Waals surface area contributed by atoms with Crippen molar-refractivity contribution in [3.8, 4) is 5.69 Å². The Morgan fingerprint density at radius 1 is 1.29 bits per heavy atom. The zero-order valence-electron chi connectivity index (χ0n) is 12.6. The normalized spacial score (nSPS) is 14.8. The molecule has 0 aliphatic heterocycles. The quantitative estimate of drug-likeness (QED) is 0.938. The monoisotopic (exact) mass is 283 g/mol.